The number of allylic oxidation sites excluding steroid dienone is 3. The first-order valence-electron chi connectivity index (χ1n) is 15.0. The quantitative estimate of drug-likeness (QED) is 0.144. The number of ether oxygens (including phenoxy) is 1. The summed E-state index contributed by atoms with van der Waals surface area (Å²) < 4.78 is 11.0. The second kappa shape index (κ2) is 13.9. The molecule has 5 rings (SSSR count). The van der Waals surface area contributed by atoms with E-state index in [1.54, 1.807) is 42.8 Å². The van der Waals surface area contributed by atoms with E-state index in [2.05, 4.69) is 6.58 Å². The SMILES string of the molecule is C=C/C(C(=O)N1CCC(c2nc(C(=O)N(CC)c3coc4ccccc4c3=O)cs2)CC1)=C(\C(C)=C/C)c1ccc(OC)cc1. The zero-order valence-electron chi connectivity index (χ0n) is 26.0. The third kappa shape index (κ3) is 6.40. The lowest BCUT2D eigenvalue weighted by atomic mass is 9.91. The van der Waals surface area contributed by atoms with Crippen LogP contribution in [0.1, 0.15) is 60.6 Å². The number of benzene rings is 2. The van der Waals surface area contributed by atoms with Crippen LogP contribution in [0.4, 0.5) is 5.69 Å². The number of hydrogen-bond acceptors (Lipinski definition) is 7. The molecule has 232 valence electrons. The molecule has 9 heteroatoms. The van der Waals surface area contributed by atoms with Gasteiger partial charge in [0.1, 0.15) is 29.0 Å². The molecule has 3 heterocycles. The Morgan fingerprint density at radius 3 is 2.51 bits per heavy atom. The largest absolute Gasteiger partial charge is 0.497 e. The van der Waals surface area contributed by atoms with Gasteiger partial charge in [0, 0.05) is 36.5 Å². The number of hydrogen-bond donors (Lipinski definition) is 0. The molecule has 0 atom stereocenters. The summed E-state index contributed by atoms with van der Waals surface area (Å²) in [6, 6.07) is 14.7. The highest BCUT2D eigenvalue weighted by Crippen LogP contribution is 2.34. The van der Waals surface area contributed by atoms with Crippen molar-refractivity contribution in [3.63, 3.8) is 0 Å². The maximum Gasteiger partial charge on any atom is 0.277 e. The highest BCUT2D eigenvalue weighted by Gasteiger charge is 2.30. The number of aromatic nitrogens is 1. The minimum absolute atomic E-state index is 0.0572. The minimum atomic E-state index is -0.346. The molecular weight excluding hydrogens is 586 g/mol. The number of fused-ring (bicyclic) bond motifs is 1. The lowest BCUT2D eigenvalue weighted by Gasteiger charge is -2.32. The first kappa shape index (κ1) is 31.7. The third-order valence-electron chi connectivity index (χ3n) is 8.30. The second-order valence-electron chi connectivity index (χ2n) is 10.8. The molecule has 1 saturated heterocycles. The van der Waals surface area contributed by atoms with Gasteiger partial charge in [-0.05, 0) is 74.6 Å². The molecule has 0 unspecified atom stereocenters. The van der Waals surface area contributed by atoms with Crippen LogP contribution in [-0.4, -0.2) is 48.4 Å². The molecule has 0 spiro atoms. The standard InChI is InChI=1S/C36H37N3O5S/c1-6-23(4)32(24-13-15-26(43-5)16-14-24)27(7-2)35(41)38-19-17-25(18-20-38)34-37-29(22-45-34)36(42)39(8-3)30-21-44-31-12-10-9-11-28(31)33(30)40/h6-7,9-16,21-22,25H,2,8,17-20H2,1,3-5H3/b23-6-,32-27-. The van der Waals surface area contributed by atoms with Gasteiger partial charge < -0.3 is 19.0 Å². The molecule has 4 aromatic rings. The van der Waals surface area contributed by atoms with Crippen molar-refractivity contribution in [2.24, 2.45) is 0 Å². The number of nitrogens with zero attached hydrogens (tertiary/aromatic N) is 3. The molecule has 1 fully saturated rings. The van der Waals surface area contributed by atoms with Crippen molar-refractivity contribution in [3.05, 3.63) is 117 Å². The molecule has 0 aliphatic carbocycles. The average Bonchev–Trinajstić information content (AvgIpc) is 3.58. The van der Waals surface area contributed by atoms with Crippen LogP contribution in [0, 0.1) is 0 Å². The summed E-state index contributed by atoms with van der Waals surface area (Å²) in [5, 5.41) is 3.03. The van der Waals surface area contributed by atoms with Crippen LogP contribution in [0.15, 0.2) is 99.3 Å². The van der Waals surface area contributed by atoms with Gasteiger partial charge in [-0.2, -0.15) is 0 Å². The molecule has 0 saturated carbocycles. The van der Waals surface area contributed by atoms with Gasteiger partial charge in [0.05, 0.1) is 17.5 Å². The topological polar surface area (TPSA) is 93.0 Å². The number of carbonyl (C=O) groups excluding carboxylic acids is 2. The third-order valence-corrected chi connectivity index (χ3v) is 9.30. The van der Waals surface area contributed by atoms with E-state index in [1.807, 2.05) is 56.0 Å². The van der Waals surface area contributed by atoms with Crippen molar-refractivity contribution in [2.75, 3.05) is 31.6 Å². The van der Waals surface area contributed by atoms with E-state index >= 15 is 0 Å². The van der Waals surface area contributed by atoms with E-state index in [4.69, 9.17) is 14.1 Å². The predicted molar refractivity (Wildman–Crippen MR) is 180 cm³/mol. The minimum Gasteiger partial charge on any atom is -0.497 e. The fourth-order valence-corrected chi connectivity index (χ4v) is 6.65. The lowest BCUT2D eigenvalue weighted by molar-refractivity contribution is -0.127. The van der Waals surface area contributed by atoms with Gasteiger partial charge in [0.15, 0.2) is 0 Å². The number of piperidine rings is 1. The molecule has 45 heavy (non-hydrogen) atoms. The van der Waals surface area contributed by atoms with Crippen molar-refractivity contribution < 1.29 is 18.7 Å². The number of anilines is 1. The molecular formula is C36H37N3O5S. The van der Waals surface area contributed by atoms with Crippen molar-refractivity contribution in [3.8, 4) is 5.75 Å². The Morgan fingerprint density at radius 2 is 1.87 bits per heavy atom. The number of amides is 2. The fourth-order valence-electron chi connectivity index (χ4n) is 5.68. The van der Waals surface area contributed by atoms with Crippen LogP contribution >= 0.6 is 11.3 Å². The van der Waals surface area contributed by atoms with Crippen molar-refractivity contribution in [1.29, 1.82) is 0 Å². The van der Waals surface area contributed by atoms with Crippen LogP contribution in [0.25, 0.3) is 16.5 Å². The summed E-state index contributed by atoms with van der Waals surface area (Å²) >= 11 is 1.44. The van der Waals surface area contributed by atoms with Gasteiger partial charge in [-0.1, -0.05) is 43.0 Å². The van der Waals surface area contributed by atoms with Crippen LogP contribution < -0.4 is 15.1 Å². The van der Waals surface area contributed by atoms with Crippen molar-refractivity contribution >= 4 is 45.4 Å². The number of likely N-dealkylation sites (tertiary alicyclic amines) is 1. The normalized spacial score (nSPS) is 14.7. The Labute approximate surface area is 267 Å². The van der Waals surface area contributed by atoms with Crippen molar-refractivity contribution in [1.82, 2.24) is 9.88 Å². The van der Waals surface area contributed by atoms with Crippen LogP contribution in [0.5, 0.6) is 5.75 Å². The van der Waals surface area contributed by atoms with Gasteiger partial charge in [-0.15, -0.1) is 11.3 Å². The molecule has 0 radical (unpaired) electrons. The summed E-state index contributed by atoms with van der Waals surface area (Å²) in [6.07, 6.45) is 6.44. The maximum absolute atomic E-state index is 13.8. The van der Waals surface area contributed by atoms with Crippen LogP contribution in [0.2, 0.25) is 0 Å². The maximum atomic E-state index is 13.8. The number of thiazole rings is 1. The summed E-state index contributed by atoms with van der Waals surface area (Å²) in [6.45, 7) is 11.2. The van der Waals surface area contributed by atoms with E-state index in [0.29, 0.717) is 41.9 Å². The van der Waals surface area contributed by atoms with Crippen molar-refractivity contribution in [2.45, 2.75) is 39.5 Å². The number of para-hydroxylation sites is 1. The van der Waals surface area contributed by atoms with Crippen LogP contribution in [0.3, 0.4) is 0 Å². The Kier molecular flexibility index (Phi) is 9.78. The number of methoxy groups -OCH3 is 1. The summed E-state index contributed by atoms with van der Waals surface area (Å²) in [4.78, 5) is 48.5. The zero-order valence-corrected chi connectivity index (χ0v) is 26.9. The molecule has 2 aromatic heterocycles. The second-order valence-corrected chi connectivity index (χ2v) is 11.7. The monoisotopic (exact) mass is 623 g/mol. The number of rotatable bonds is 9. The predicted octanol–water partition coefficient (Wildman–Crippen LogP) is 7.24. The summed E-state index contributed by atoms with van der Waals surface area (Å²) in [5.41, 5.74) is 4.03. The fraction of sp³-hybridized carbons (Fsp3) is 0.278. The highest BCUT2D eigenvalue weighted by atomic mass is 32.1. The average molecular weight is 624 g/mol. The highest BCUT2D eigenvalue weighted by molar-refractivity contribution is 7.10. The molecule has 8 nitrogen and oxygen atoms in total. The van der Waals surface area contributed by atoms with Gasteiger partial charge in [-0.3, -0.25) is 14.4 Å². The molecule has 2 amide bonds. The molecule has 1 aliphatic rings. The van der Waals surface area contributed by atoms with Crippen LogP contribution in [-0.2, 0) is 4.79 Å². The number of carbonyl (C=O) groups is 2. The van der Waals surface area contributed by atoms with E-state index in [1.165, 1.54) is 22.5 Å². The zero-order chi connectivity index (χ0) is 32.1. The molecule has 0 N–H and O–H groups in total. The Hall–Kier alpha value is -4.76. The van der Waals surface area contributed by atoms with Gasteiger partial charge in [-0.25, -0.2) is 4.98 Å². The van der Waals surface area contributed by atoms with Gasteiger partial charge in [0.2, 0.25) is 5.43 Å². The first-order valence-corrected chi connectivity index (χ1v) is 15.9. The van der Waals surface area contributed by atoms with Gasteiger partial charge >= 0.3 is 0 Å². The van der Waals surface area contributed by atoms with E-state index < -0.39 is 0 Å². The van der Waals surface area contributed by atoms with Gasteiger partial charge in [0.25, 0.3) is 11.8 Å². The van der Waals surface area contributed by atoms with E-state index in [9.17, 15) is 14.4 Å². The smallest absolute Gasteiger partial charge is 0.277 e. The van der Waals surface area contributed by atoms with E-state index in [0.717, 1.165) is 40.3 Å². The Morgan fingerprint density at radius 1 is 1.16 bits per heavy atom. The Bertz CT molecular complexity index is 1840. The lowest BCUT2D eigenvalue weighted by Crippen LogP contribution is -2.38. The summed E-state index contributed by atoms with van der Waals surface area (Å²) in [5.74, 6) is 0.467. The molecule has 0 bridgehead atoms. The first-order chi connectivity index (χ1) is 21.8. The van der Waals surface area contributed by atoms with E-state index in [-0.39, 0.29) is 28.8 Å². The molecule has 1 aliphatic heterocycles. The molecule has 2 aromatic carbocycles. The summed E-state index contributed by atoms with van der Waals surface area (Å²) in [7, 11) is 1.63. The Balaban J connectivity index is 1.31.